The fourth-order valence-corrected chi connectivity index (χ4v) is 3.44. The lowest BCUT2D eigenvalue weighted by atomic mass is 10.0. The van der Waals surface area contributed by atoms with Crippen molar-refractivity contribution in [3.63, 3.8) is 0 Å². The Morgan fingerprint density at radius 1 is 1.38 bits per heavy atom. The van der Waals surface area contributed by atoms with Crippen LogP contribution in [0.15, 0.2) is 5.10 Å². The maximum Gasteiger partial charge on any atom is 0.183 e. The monoisotopic (exact) mass is 314 g/mol. The lowest BCUT2D eigenvalue weighted by Gasteiger charge is -2.24. The molecule has 0 radical (unpaired) electrons. The van der Waals surface area contributed by atoms with Crippen LogP contribution in [0.5, 0.6) is 0 Å². The predicted octanol–water partition coefficient (Wildman–Crippen LogP) is 3.74. The van der Waals surface area contributed by atoms with Crippen molar-refractivity contribution in [3.8, 4) is 0 Å². The number of hydrogen-bond donors (Lipinski definition) is 0. The second-order valence-corrected chi connectivity index (χ2v) is 11.5. The zero-order valence-electron chi connectivity index (χ0n) is 14.8. The van der Waals surface area contributed by atoms with Gasteiger partial charge in [-0.2, -0.15) is 5.10 Å². The molecule has 1 saturated heterocycles. The van der Waals surface area contributed by atoms with Gasteiger partial charge >= 0.3 is 0 Å². The molecule has 5 heteroatoms. The molecule has 2 atom stereocenters. The van der Waals surface area contributed by atoms with Crippen LogP contribution in [0.1, 0.15) is 39.5 Å². The quantitative estimate of drug-likeness (QED) is 0.480. The molecule has 124 valence electrons. The molecule has 21 heavy (non-hydrogen) atoms. The number of nitrogens with zero attached hydrogens (tertiary/aromatic N) is 2. The van der Waals surface area contributed by atoms with Crippen molar-refractivity contribution in [2.24, 2.45) is 11.0 Å². The molecular formula is C16H34N2O2Si. The van der Waals surface area contributed by atoms with E-state index < -0.39 is 8.32 Å². The van der Waals surface area contributed by atoms with E-state index in [-0.39, 0.29) is 0 Å². The summed E-state index contributed by atoms with van der Waals surface area (Å²) in [6.07, 6.45) is 4.51. The highest BCUT2D eigenvalue weighted by atomic mass is 28.4. The first-order valence-corrected chi connectivity index (χ1v) is 11.7. The summed E-state index contributed by atoms with van der Waals surface area (Å²) < 4.78 is 11.3. The van der Waals surface area contributed by atoms with Crippen LogP contribution in [0.2, 0.25) is 19.6 Å². The Kier molecular flexibility index (Phi) is 7.91. The van der Waals surface area contributed by atoms with E-state index in [2.05, 4.69) is 38.5 Å². The van der Waals surface area contributed by atoms with Crippen molar-refractivity contribution in [3.05, 3.63) is 0 Å². The average molecular weight is 315 g/mol. The molecule has 0 saturated carbocycles. The zero-order chi connectivity index (χ0) is 15.9. The highest BCUT2D eigenvalue weighted by Crippen LogP contribution is 2.20. The SMILES string of the molecule is CCC(=NN1CCC[C@H]1COC)[C@@H](C)CCO[Si](C)(C)C. The molecule has 0 N–H and O–H groups in total. The molecule has 1 aliphatic rings. The zero-order valence-corrected chi connectivity index (χ0v) is 15.8. The molecule has 4 nitrogen and oxygen atoms in total. The van der Waals surface area contributed by atoms with Gasteiger partial charge < -0.3 is 9.16 Å². The fourth-order valence-electron chi connectivity index (χ4n) is 2.71. The molecule has 0 aromatic carbocycles. The van der Waals surface area contributed by atoms with Crippen LogP contribution in [0, 0.1) is 5.92 Å². The van der Waals surface area contributed by atoms with Gasteiger partial charge in [0.15, 0.2) is 8.32 Å². The van der Waals surface area contributed by atoms with Crippen molar-refractivity contribution in [2.75, 3.05) is 26.9 Å². The summed E-state index contributed by atoms with van der Waals surface area (Å²) in [6, 6.07) is 0.460. The van der Waals surface area contributed by atoms with Crippen LogP contribution in [0.3, 0.4) is 0 Å². The van der Waals surface area contributed by atoms with Gasteiger partial charge in [-0.05, 0) is 51.2 Å². The van der Waals surface area contributed by atoms with Gasteiger partial charge in [0.2, 0.25) is 0 Å². The lowest BCUT2D eigenvalue weighted by molar-refractivity contribution is 0.117. The van der Waals surface area contributed by atoms with E-state index in [4.69, 9.17) is 14.3 Å². The van der Waals surface area contributed by atoms with E-state index in [1.807, 2.05) is 0 Å². The highest BCUT2D eigenvalue weighted by Gasteiger charge is 2.24. The number of ether oxygens (including phenoxy) is 1. The maximum atomic E-state index is 5.97. The van der Waals surface area contributed by atoms with E-state index in [9.17, 15) is 0 Å². The number of rotatable bonds is 9. The van der Waals surface area contributed by atoms with E-state index in [0.29, 0.717) is 12.0 Å². The van der Waals surface area contributed by atoms with Crippen LogP contribution in [0.25, 0.3) is 0 Å². The molecule has 0 spiro atoms. The molecule has 0 aromatic rings. The summed E-state index contributed by atoms with van der Waals surface area (Å²) in [6.45, 7) is 13.9. The van der Waals surface area contributed by atoms with Gasteiger partial charge in [0.1, 0.15) is 0 Å². The molecule has 0 aromatic heterocycles. The summed E-state index contributed by atoms with van der Waals surface area (Å²) in [4.78, 5) is 0. The van der Waals surface area contributed by atoms with Gasteiger partial charge in [-0.25, -0.2) is 0 Å². The molecule has 0 aliphatic carbocycles. The lowest BCUT2D eigenvalue weighted by Crippen LogP contribution is -2.31. The van der Waals surface area contributed by atoms with Gasteiger partial charge in [0, 0.05) is 26.0 Å². The second kappa shape index (κ2) is 8.91. The van der Waals surface area contributed by atoms with Crippen molar-refractivity contribution < 1.29 is 9.16 Å². The van der Waals surface area contributed by atoms with Crippen LogP contribution in [-0.4, -0.2) is 51.9 Å². The highest BCUT2D eigenvalue weighted by molar-refractivity contribution is 6.69. The second-order valence-electron chi connectivity index (χ2n) is 7.01. The Bertz CT molecular complexity index is 329. The third-order valence-corrected chi connectivity index (χ3v) is 5.05. The number of hydrogen-bond acceptors (Lipinski definition) is 4. The van der Waals surface area contributed by atoms with Crippen molar-refractivity contribution in [2.45, 2.75) is 65.2 Å². The Morgan fingerprint density at radius 3 is 2.67 bits per heavy atom. The van der Waals surface area contributed by atoms with Gasteiger partial charge in [-0.1, -0.05) is 13.8 Å². The Labute approximate surface area is 132 Å². The first-order chi connectivity index (χ1) is 9.87. The molecule has 0 amide bonds. The first-order valence-electron chi connectivity index (χ1n) is 8.34. The van der Waals surface area contributed by atoms with Gasteiger partial charge in [0.25, 0.3) is 0 Å². The summed E-state index contributed by atoms with van der Waals surface area (Å²) in [5, 5.41) is 7.18. The Balaban J connectivity index is 2.53. The van der Waals surface area contributed by atoms with Crippen LogP contribution in [0.4, 0.5) is 0 Å². The maximum absolute atomic E-state index is 5.97. The van der Waals surface area contributed by atoms with E-state index >= 15 is 0 Å². The summed E-state index contributed by atoms with van der Waals surface area (Å²) in [7, 11) is 0.382. The summed E-state index contributed by atoms with van der Waals surface area (Å²) >= 11 is 0. The van der Waals surface area contributed by atoms with Crippen molar-refractivity contribution in [1.82, 2.24) is 5.01 Å². The molecule has 1 fully saturated rings. The minimum Gasteiger partial charge on any atom is -0.418 e. The largest absolute Gasteiger partial charge is 0.418 e. The third-order valence-electron chi connectivity index (χ3n) is 3.98. The Hall–Kier alpha value is -0.393. The molecule has 1 aliphatic heterocycles. The van der Waals surface area contributed by atoms with Crippen LogP contribution >= 0.6 is 0 Å². The van der Waals surface area contributed by atoms with Crippen molar-refractivity contribution in [1.29, 1.82) is 0 Å². The standard InChI is InChI=1S/C16H34N2O2Si/c1-7-16(14(2)10-12-20-21(4,5)6)17-18-11-8-9-15(18)13-19-3/h14-15H,7-13H2,1-6H3/t14-,15-/m0/s1. The molecule has 1 rings (SSSR count). The molecule has 0 unspecified atom stereocenters. The van der Waals surface area contributed by atoms with Gasteiger partial charge in [-0.3, -0.25) is 5.01 Å². The predicted molar refractivity (Wildman–Crippen MR) is 92.4 cm³/mol. The van der Waals surface area contributed by atoms with E-state index in [1.54, 1.807) is 7.11 Å². The minimum absolute atomic E-state index is 0.460. The van der Waals surface area contributed by atoms with Crippen LogP contribution in [-0.2, 0) is 9.16 Å². The normalized spacial score (nSPS) is 21.9. The minimum atomic E-state index is -1.39. The van der Waals surface area contributed by atoms with Crippen LogP contribution < -0.4 is 0 Å². The Morgan fingerprint density at radius 2 is 2.10 bits per heavy atom. The van der Waals surface area contributed by atoms with Crippen molar-refractivity contribution >= 4 is 14.0 Å². The number of methoxy groups -OCH3 is 1. The number of hydrazone groups is 1. The summed E-state index contributed by atoms with van der Waals surface area (Å²) in [5.41, 5.74) is 1.30. The van der Waals surface area contributed by atoms with E-state index in [0.717, 1.165) is 32.6 Å². The average Bonchev–Trinajstić information content (AvgIpc) is 2.82. The van der Waals surface area contributed by atoms with E-state index in [1.165, 1.54) is 18.6 Å². The van der Waals surface area contributed by atoms with Gasteiger partial charge in [0.05, 0.1) is 12.6 Å². The molecular weight excluding hydrogens is 280 g/mol. The van der Waals surface area contributed by atoms with Gasteiger partial charge in [-0.15, -0.1) is 0 Å². The fraction of sp³-hybridized carbons (Fsp3) is 0.938. The summed E-state index contributed by atoms with van der Waals surface area (Å²) in [5.74, 6) is 0.496. The first kappa shape index (κ1) is 18.7. The smallest absolute Gasteiger partial charge is 0.183 e. The molecule has 0 bridgehead atoms. The topological polar surface area (TPSA) is 34.1 Å². The molecule has 1 heterocycles. The third kappa shape index (κ3) is 6.93.